The molecule has 0 aliphatic carbocycles. The molecule has 2 amide bonds. The third-order valence-electron chi connectivity index (χ3n) is 3.33. The molecule has 0 aromatic heterocycles. The van der Waals surface area contributed by atoms with Gasteiger partial charge in [-0.2, -0.15) is 0 Å². The van der Waals surface area contributed by atoms with Gasteiger partial charge in [0.1, 0.15) is 0 Å². The molecule has 22 heavy (non-hydrogen) atoms. The first-order chi connectivity index (χ1) is 10.6. The van der Waals surface area contributed by atoms with Crippen LogP contribution in [0, 0.1) is 0 Å². The number of esters is 1. The van der Waals surface area contributed by atoms with Gasteiger partial charge in [-0.15, -0.1) is 0 Å². The first-order valence-electron chi connectivity index (χ1n) is 7.30. The molecule has 0 spiro atoms. The molecule has 1 aromatic rings. The van der Waals surface area contributed by atoms with E-state index in [4.69, 9.17) is 4.74 Å². The van der Waals surface area contributed by atoms with Gasteiger partial charge in [-0.3, -0.25) is 0 Å². The number of urea groups is 1. The molecule has 0 unspecified atom stereocenters. The van der Waals surface area contributed by atoms with E-state index in [0.29, 0.717) is 24.3 Å². The van der Waals surface area contributed by atoms with Crippen molar-refractivity contribution in [2.45, 2.75) is 32.7 Å². The van der Waals surface area contributed by atoms with Crippen molar-refractivity contribution in [2.24, 2.45) is 0 Å². The number of carbonyl (C=O) groups is 2. The maximum atomic E-state index is 12.4. The highest BCUT2D eigenvalue weighted by atomic mass is 79.9. The van der Waals surface area contributed by atoms with Gasteiger partial charge in [0.25, 0.3) is 0 Å². The second-order valence-electron chi connectivity index (χ2n) is 4.95. The number of allylic oxidation sites excluding steroid dienone is 1. The summed E-state index contributed by atoms with van der Waals surface area (Å²) >= 11 is 3.42. The number of amides is 2. The summed E-state index contributed by atoms with van der Waals surface area (Å²) in [5.41, 5.74) is 1.94. The molecular formula is C16H19BrN2O3. The summed E-state index contributed by atoms with van der Waals surface area (Å²) in [6.07, 6.45) is 1.44. The van der Waals surface area contributed by atoms with Crippen LogP contribution in [0.25, 0.3) is 0 Å². The van der Waals surface area contributed by atoms with Crippen LogP contribution in [0.4, 0.5) is 4.79 Å². The smallest absolute Gasteiger partial charge is 0.338 e. The van der Waals surface area contributed by atoms with Crippen molar-refractivity contribution < 1.29 is 14.3 Å². The number of benzene rings is 1. The number of rotatable bonds is 5. The molecule has 2 N–H and O–H groups in total. The van der Waals surface area contributed by atoms with Crippen molar-refractivity contribution in [3.63, 3.8) is 0 Å². The minimum absolute atomic E-state index is 0.293. The summed E-state index contributed by atoms with van der Waals surface area (Å²) in [4.78, 5) is 24.3. The Labute approximate surface area is 138 Å². The Morgan fingerprint density at radius 3 is 2.77 bits per heavy atom. The zero-order chi connectivity index (χ0) is 16.1. The molecule has 0 bridgehead atoms. The average molecular weight is 367 g/mol. The average Bonchev–Trinajstić information content (AvgIpc) is 2.47. The Morgan fingerprint density at radius 2 is 2.14 bits per heavy atom. The molecule has 1 aliphatic rings. The van der Waals surface area contributed by atoms with E-state index in [-0.39, 0.29) is 6.03 Å². The minimum Gasteiger partial charge on any atom is -0.463 e. The molecule has 0 saturated heterocycles. The molecule has 6 heteroatoms. The molecule has 118 valence electrons. The number of nitrogens with one attached hydrogen (secondary N) is 2. The van der Waals surface area contributed by atoms with Crippen LogP contribution < -0.4 is 10.6 Å². The number of halogens is 1. The van der Waals surface area contributed by atoms with Crippen LogP contribution in [-0.2, 0) is 9.53 Å². The van der Waals surface area contributed by atoms with Crippen molar-refractivity contribution in [1.29, 1.82) is 0 Å². The third kappa shape index (κ3) is 3.68. The maximum absolute atomic E-state index is 12.4. The van der Waals surface area contributed by atoms with Gasteiger partial charge in [0.2, 0.25) is 0 Å². The number of ether oxygens (including phenoxy) is 1. The van der Waals surface area contributed by atoms with Crippen LogP contribution in [0.15, 0.2) is 40.0 Å². The number of carbonyl (C=O) groups excluding carboxylic acids is 2. The van der Waals surface area contributed by atoms with Gasteiger partial charge >= 0.3 is 12.0 Å². The van der Waals surface area contributed by atoms with Crippen molar-refractivity contribution in [1.82, 2.24) is 10.6 Å². The van der Waals surface area contributed by atoms with Crippen molar-refractivity contribution >= 4 is 27.9 Å². The largest absolute Gasteiger partial charge is 0.463 e. The first kappa shape index (κ1) is 16.5. The van der Waals surface area contributed by atoms with Gasteiger partial charge in [0.05, 0.1) is 18.2 Å². The number of hydrogen-bond donors (Lipinski definition) is 2. The summed E-state index contributed by atoms with van der Waals surface area (Å²) in [5, 5.41) is 5.55. The third-order valence-corrected chi connectivity index (χ3v) is 3.82. The van der Waals surface area contributed by atoms with Crippen LogP contribution in [0.5, 0.6) is 0 Å². The monoisotopic (exact) mass is 366 g/mol. The Kier molecular flexibility index (Phi) is 5.60. The molecule has 1 aliphatic heterocycles. The SMILES string of the molecule is CCCC1=C(C(=O)OCC)[C@H](c2cccc(Br)c2)NC(=O)N1. The molecule has 2 rings (SSSR count). The highest BCUT2D eigenvalue weighted by Gasteiger charge is 2.33. The fraction of sp³-hybridized carbons (Fsp3) is 0.375. The van der Waals surface area contributed by atoms with Crippen LogP contribution >= 0.6 is 15.9 Å². The molecular weight excluding hydrogens is 348 g/mol. The Morgan fingerprint density at radius 1 is 1.36 bits per heavy atom. The van der Waals surface area contributed by atoms with E-state index in [2.05, 4.69) is 26.6 Å². The standard InChI is InChI=1S/C16H19BrN2O3/c1-3-6-12-13(15(20)22-4-2)14(19-16(21)18-12)10-7-5-8-11(17)9-10/h5,7-9,14H,3-4,6H2,1-2H3,(H2,18,19,21)/t14-/m0/s1. The first-order valence-corrected chi connectivity index (χ1v) is 8.09. The number of hydrogen-bond acceptors (Lipinski definition) is 3. The van der Waals surface area contributed by atoms with Crippen LogP contribution in [0.1, 0.15) is 38.3 Å². The second-order valence-corrected chi connectivity index (χ2v) is 5.86. The van der Waals surface area contributed by atoms with Crippen molar-refractivity contribution in [3.05, 3.63) is 45.6 Å². The normalized spacial score (nSPS) is 17.8. The zero-order valence-corrected chi connectivity index (χ0v) is 14.2. The lowest BCUT2D eigenvalue weighted by Crippen LogP contribution is -2.46. The van der Waals surface area contributed by atoms with Crippen LogP contribution in [-0.4, -0.2) is 18.6 Å². The van der Waals surface area contributed by atoms with E-state index in [0.717, 1.165) is 16.5 Å². The lowest BCUT2D eigenvalue weighted by Gasteiger charge is -2.29. The Balaban J connectivity index is 2.49. The predicted molar refractivity (Wildman–Crippen MR) is 87.1 cm³/mol. The highest BCUT2D eigenvalue weighted by molar-refractivity contribution is 9.10. The molecule has 1 aromatic carbocycles. The quantitative estimate of drug-likeness (QED) is 0.784. The maximum Gasteiger partial charge on any atom is 0.338 e. The van der Waals surface area contributed by atoms with Gasteiger partial charge < -0.3 is 15.4 Å². The Hall–Kier alpha value is -1.82. The van der Waals surface area contributed by atoms with E-state index >= 15 is 0 Å². The molecule has 1 heterocycles. The van der Waals surface area contributed by atoms with E-state index in [1.807, 2.05) is 31.2 Å². The van der Waals surface area contributed by atoms with Crippen molar-refractivity contribution in [2.75, 3.05) is 6.61 Å². The Bertz CT molecular complexity index is 613. The zero-order valence-electron chi connectivity index (χ0n) is 12.6. The minimum atomic E-state index is -0.508. The molecule has 5 nitrogen and oxygen atoms in total. The fourth-order valence-corrected chi connectivity index (χ4v) is 2.87. The molecule has 0 radical (unpaired) electrons. The van der Waals surface area contributed by atoms with Gasteiger partial charge in [-0.05, 0) is 31.0 Å². The summed E-state index contributed by atoms with van der Waals surface area (Å²) in [6, 6.07) is 6.72. The fourth-order valence-electron chi connectivity index (χ4n) is 2.45. The lowest BCUT2D eigenvalue weighted by molar-refractivity contribution is -0.139. The topological polar surface area (TPSA) is 67.4 Å². The second kappa shape index (κ2) is 7.45. The molecule has 1 atom stereocenters. The van der Waals surface area contributed by atoms with E-state index in [1.165, 1.54) is 0 Å². The summed E-state index contributed by atoms with van der Waals surface area (Å²) in [5.74, 6) is -0.400. The predicted octanol–water partition coefficient (Wildman–Crippen LogP) is 3.42. The van der Waals surface area contributed by atoms with Gasteiger partial charge in [-0.25, -0.2) is 9.59 Å². The summed E-state index contributed by atoms with van der Waals surface area (Å²) < 4.78 is 6.06. The van der Waals surface area contributed by atoms with E-state index in [9.17, 15) is 9.59 Å². The van der Waals surface area contributed by atoms with E-state index in [1.54, 1.807) is 6.92 Å². The summed E-state index contributed by atoms with van der Waals surface area (Å²) in [6.45, 7) is 4.06. The molecule has 0 saturated carbocycles. The van der Waals surface area contributed by atoms with Crippen LogP contribution in [0.3, 0.4) is 0 Å². The summed E-state index contributed by atoms with van der Waals surface area (Å²) in [7, 11) is 0. The van der Waals surface area contributed by atoms with Crippen molar-refractivity contribution in [3.8, 4) is 0 Å². The van der Waals surface area contributed by atoms with Crippen LogP contribution in [0.2, 0.25) is 0 Å². The van der Waals surface area contributed by atoms with Gasteiger partial charge in [-0.1, -0.05) is 41.4 Å². The lowest BCUT2D eigenvalue weighted by atomic mass is 9.94. The highest BCUT2D eigenvalue weighted by Crippen LogP contribution is 2.30. The molecule has 0 fully saturated rings. The van der Waals surface area contributed by atoms with Gasteiger partial charge in [0, 0.05) is 10.2 Å². The van der Waals surface area contributed by atoms with E-state index < -0.39 is 12.0 Å². The van der Waals surface area contributed by atoms with Gasteiger partial charge in [0.15, 0.2) is 0 Å².